The fraction of sp³-hybridized carbons (Fsp3) is 0.500. The first-order valence-electron chi connectivity index (χ1n) is 6.10. The Morgan fingerprint density at radius 3 is 2.71 bits per heavy atom. The fourth-order valence-corrected chi connectivity index (χ4v) is 3.68. The molecule has 0 radical (unpaired) electrons. The molecule has 0 bridgehead atoms. The van der Waals surface area contributed by atoms with Crippen LogP contribution in [-0.4, -0.2) is 11.5 Å². The highest BCUT2D eigenvalue weighted by molar-refractivity contribution is 7.99. The third-order valence-electron chi connectivity index (χ3n) is 3.29. The number of Topliss-reactive ketones (excluding diaryl/α,β-unsaturated/α-hetero) is 1. The maximum atomic E-state index is 11.2. The molecule has 1 aliphatic rings. The van der Waals surface area contributed by atoms with E-state index in [1.807, 2.05) is 23.9 Å². The van der Waals surface area contributed by atoms with E-state index in [0.717, 1.165) is 16.6 Å². The standard InChI is InChI=1S/C14H17ClOS/c1-10(16)12-6-7-14(13(15)8-12)17-9-11-4-2-3-5-11/h6-8,11H,2-5,9H2,1H3. The normalized spacial score (nSPS) is 16.4. The van der Waals surface area contributed by atoms with E-state index in [2.05, 4.69) is 0 Å². The third-order valence-corrected chi connectivity index (χ3v) is 5.02. The second-order valence-corrected chi connectivity index (χ2v) is 6.13. The molecule has 0 unspecified atom stereocenters. The highest BCUT2D eigenvalue weighted by Gasteiger charge is 2.15. The summed E-state index contributed by atoms with van der Waals surface area (Å²) < 4.78 is 0. The second-order valence-electron chi connectivity index (χ2n) is 4.66. The minimum absolute atomic E-state index is 0.0687. The molecule has 0 aliphatic heterocycles. The first-order chi connectivity index (χ1) is 8.16. The number of rotatable bonds is 4. The summed E-state index contributed by atoms with van der Waals surface area (Å²) in [6, 6.07) is 5.62. The van der Waals surface area contributed by atoms with Crippen molar-refractivity contribution in [3.05, 3.63) is 28.8 Å². The van der Waals surface area contributed by atoms with E-state index in [9.17, 15) is 4.79 Å². The monoisotopic (exact) mass is 268 g/mol. The summed E-state index contributed by atoms with van der Waals surface area (Å²) >= 11 is 8.01. The lowest BCUT2D eigenvalue weighted by atomic mass is 10.1. The Labute approximate surface area is 112 Å². The van der Waals surface area contributed by atoms with Gasteiger partial charge in [-0.25, -0.2) is 0 Å². The fourth-order valence-electron chi connectivity index (χ4n) is 2.22. The van der Waals surface area contributed by atoms with Gasteiger partial charge in [-0.1, -0.05) is 30.5 Å². The Kier molecular flexibility index (Phi) is 4.52. The van der Waals surface area contributed by atoms with Crippen molar-refractivity contribution in [2.45, 2.75) is 37.5 Å². The topological polar surface area (TPSA) is 17.1 Å². The van der Waals surface area contributed by atoms with Crippen LogP contribution >= 0.6 is 23.4 Å². The van der Waals surface area contributed by atoms with Crippen molar-refractivity contribution >= 4 is 29.1 Å². The number of hydrogen-bond donors (Lipinski definition) is 0. The molecule has 0 N–H and O–H groups in total. The molecule has 0 spiro atoms. The van der Waals surface area contributed by atoms with Crippen LogP contribution in [0.4, 0.5) is 0 Å². The Balaban J connectivity index is 1.98. The maximum Gasteiger partial charge on any atom is 0.159 e. The summed E-state index contributed by atoms with van der Waals surface area (Å²) in [5.41, 5.74) is 0.695. The highest BCUT2D eigenvalue weighted by Crippen LogP contribution is 2.34. The van der Waals surface area contributed by atoms with E-state index >= 15 is 0 Å². The second kappa shape index (κ2) is 5.92. The summed E-state index contributed by atoms with van der Waals surface area (Å²) in [6.07, 6.45) is 5.47. The molecular formula is C14H17ClOS. The van der Waals surface area contributed by atoms with Crippen molar-refractivity contribution in [3.8, 4) is 0 Å². The van der Waals surface area contributed by atoms with Crippen LogP contribution in [-0.2, 0) is 0 Å². The minimum atomic E-state index is 0.0687. The van der Waals surface area contributed by atoms with Gasteiger partial charge in [0.1, 0.15) is 0 Å². The summed E-state index contributed by atoms with van der Waals surface area (Å²) in [5.74, 6) is 2.07. The number of thioether (sulfide) groups is 1. The Morgan fingerprint density at radius 1 is 1.41 bits per heavy atom. The number of hydrogen-bond acceptors (Lipinski definition) is 2. The lowest BCUT2D eigenvalue weighted by Crippen LogP contribution is -1.97. The molecule has 0 aromatic heterocycles. The van der Waals surface area contributed by atoms with E-state index in [4.69, 9.17) is 11.6 Å². The maximum absolute atomic E-state index is 11.2. The van der Waals surface area contributed by atoms with E-state index in [0.29, 0.717) is 10.6 Å². The van der Waals surface area contributed by atoms with Crippen molar-refractivity contribution in [2.75, 3.05) is 5.75 Å². The zero-order valence-corrected chi connectivity index (χ0v) is 11.6. The van der Waals surface area contributed by atoms with Gasteiger partial charge in [0.05, 0.1) is 5.02 Å². The summed E-state index contributed by atoms with van der Waals surface area (Å²) in [4.78, 5) is 12.3. The lowest BCUT2D eigenvalue weighted by molar-refractivity contribution is 0.101. The number of benzene rings is 1. The van der Waals surface area contributed by atoms with Gasteiger partial charge in [0, 0.05) is 16.2 Å². The van der Waals surface area contributed by atoms with Crippen molar-refractivity contribution in [3.63, 3.8) is 0 Å². The molecule has 1 aromatic carbocycles. The van der Waals surface area contributed by atoms with Crippen LogP contribution in [0.2, 0.25) is 5.02 Å². The molecule has 1 aromatic rings. The van der Waals surface area contributed by atoms with Crippen LogP contribution in [0, 0.1) is 5.92 Å². The molecule has 1 nitrogen and oxygen atoms in total. The van der Waals surface area contributed by atoms with Gasteiger partial charge in [-0.05, 0) is 37.8 Å². The van der Waals surface area contributed by atoms with Crippen molar-refractivity contribution < 1.29 is 4.79 Å². The highest BCUT2D eigenvalue weighted by atomic mass is 35.5. The molecule has 17 heavy (non-hydrogen) atoms. The summed E-state index contributed by atoms with van der Waals surface area (Å²) in [6.45, 7) is 1.57. The Hall–Kier alpha value is -0.470. The van der Waals surface area contributed by atoms with Crippen LogP contribution in [0.5, 0.6) is 0 Å². The predicted octanol–water partition coefficient (Wildman–Crippen LogP) is 4.82. The molecule has 1 saturated carbocycles. The number of carbonyl (C=O) groups is 1. The van der Waals surface area contributed by atoms with Crippen LogP contribution in [0.1, 0.15) is 43.0 Å². The van der Waals surface area contributed by atoms with Gasteiger partial charge >= 0.3 is 0 Å². The molecule has 2 rings (SSSR count). The van der Waals surface area contributed by atoms with Crippen LogP contribution in [0.3, 0.4) is 0 Å². The molecule has 1 fully saturated rings. The summed E-state index contributed by atoms with van der Waals surface area (Å²) in [5, 5.41) is 0.709. The lowest BCUT2D eigenvalue weighted by Gasteiger charge is -2.09. The van der Waals surface area contributed by atoms with Crippen molar-refractivity contribution in [2.24, 2.45) is 5.92 Å². The SMILES string of the molecule is CC(=O)c1ccc(SCC2CCCC2)c(Cl)c1. The molecule has 0 heterocycles. The van der Waals surface area contributed by atoms with Gasteiger partial charge in [-0.2, -0.15) is 0 Å². The van der Waals surface area contributed by atoms with E-state index in [1.165, 1.54) is 25.7 Å². The smallest absolute Gasteiger partial charge is 0.159 e. The molecule has 92 valence electrons. The van der Waals surface area contributed by atoms with Crippen LogP contribution in [0.25, 0.3) is 0 Å². The van der Waals surface area contributed by atoms with Gasteiger partial charge in [0.2, 0.25) is 0 Å². The number of ketones is 1. The Bertz CT molecular complexity index is 411. The first-order valence-corrected chi connectivity index (χ1v) is 7.46. The van der Waals surface area contributed by atoms with Gasteiger partial charge in [0.25, 0.3) is 0 Å². The quantitative estimate of drug-likeness (QED) is 0.575. The van der Waals surface area contributed by atoms with Crippen molar-refractivity contribution in [1.29, 1.82) is 0 Å². The summed E-state index contributed by atoms with van der Waals surface area (Å²) in [7, 11) is 0. The molecular weight excluding hydrogens is 252 g/mol. The van der Waals surface area contributed by atoms with Crippen LogP contribution < -0.4 is 0 Å². The van der Waals surface area contributed by atoms with E-state index < -0.39 is 0 Å². The van der Waals surface area contributed by atoms with Gasteiger partial charge in [0.15, 0.2) is 5.78 Å². The first kappa shape index (κ1) is 13.0. The zero-order valence-electron chi connectivity index (χ0n) is 10.0. The van der Waals surface area contributed by atoms with E-state index in [1.54, 1.807) is 13.0 Å². The molecule has 1 aliphatic carbocycles. The average molecular weight is 269 g/mol. The molecule has 0 atom stereocenters. The average Bonchev–Trinajstić information content (AvgIpc) is 2.80. The largest absolute Gasteiger partial charge is 0.295 e. The zero-order chi connectivity index (χ0) is 12.3. The molecule has 3 heteroatoms. The van der Waals surface area contributed by atoms with Crippen molar-refractivity contribution in [1.82, 2.24) is 0 Å². The number of carbonyl (C=O) groups excluding carboxylic acids is 1. The Morgan fingerprint density at radius 2 is 2.12 bits per heavy atom. The third kappa shape index (κ3) is 3.49. The van der Waals surface area contributed by atoms with Crippen LogP contribution in [0.15, 0.2) is 23.1 Å². The van der Waals surface area contributed by atoms with Gasteiger partial charge in [-0.3, -0.25) is 4.79 Å². The molecule has 0 saturated heterocycles. The minimum Gasteiger partial charge on any atom is -0.295 e. The number of halogens is 1. The van der Waals surface area contributed by atoms with Gasteiger partial charge < -0.3 is 0 Å². The molecule has 0 amide bonds. The predicted molar refractivity (Wildman–Crippen MR) is 74.1 cm³/mol. The van der Waals surface area contributed by atoms with E-state index in [-0.39, 0.29) is 5.78 Å². The van der Waals surface area contributed by atoms with Gasteiger partial charge in [-0.15, -0.1) is 11.8 Å².